The highest BCUT2D eigenvalue weighted by Gasteiger charge is 2.13. The summed E-state index contributed by atoms with van der Waals surface area (Å²) in [4.78, 5) is 16.7. The van der Waals surface area contributed by atoms with E-state index in [-0.39, 0.29) is 11.8 Å². The maximum absolute atomic E-state index is 11.3. The molecular weight excluding hydrogens is 382 g/mol. The van der Waals surface area contributed by atoms with Gasteiger partial charge in [-0.2, -0.15) is 0 Å². The van der Waals surface area contributed by atoms with E-state index in [4.69, 9.17) is 10.5 Å². The molecule has 0 spiro atoms. The van der Waals surface area contributed by atoms with Crippen molar-refractivity contribution in [2.45, 2.75) is 43.4 Å². The zero-order valence-electron chi connectivity index (χ0n) is 16.7. The predicted octanol–water partition coefficient (Wildman–Crippen LogP) is 4.31. The second-order valence-corrected chi connectivity index (χ2v) is 7.79. The van der Waals surface area contributed by atoms with E-state index in [0.717, 1.165) is 24.8 Å². The van der Waals surface area contributed by atoms with E-state index < -0.39 is 5.91 Å². The molecular formula is C23H27N3O2S. The molecule has 1 amide bonds. The van der Waals surface area contributed by atoms with Crippen LogP contribution in [0.5, 0.6) is 0 Å². The van der Waals surface area contributed by atoms with E-state index >= 15 is 0 Å². The Balaban J connectivity index is 1.61. The largest absolute Gasteiger partial charge is 0.372 e. The van der Waals surface area contributed by atoms with Crippen LogP contribution in [0.4, 0.5) is 0 Å². The van der Waals surface area contributed by atoms with Gasteiger partial charge in [-0.25, -0.2) is 4.98 Å². The van der Waals surface area contributed by atoms with Crippen LogP contribution in [-0.2, 0) is 24.3 Å². The summed E-state index contributed by atoms with van der Waals surface area (Å²) in [7, 11) is 0. The first-order valence-electron chi connectivity index (χ1n) is 9.74. The molecule has 1 atom stereocenters. The number of ether oxygens (including phenoxy) is 1. The standard InChI is InChI=1S/C23H27N3O2S/c1-29-22-13-6-5-10-19(22)11-7-12-20(28-16-18-8-3-2-4-9-18)14-26-15-21(23(24)27)25-17-26/h2-6,8-10,13,15,17,20H,7,11-12,14,16H2,1H3,(H2,24,27). The molecule has 152 valence electrons. The first-order valence-corrected chi connectivity index (χ1v) is 11.0. The van der Waals surface area contributed by atoms with E-state index in [9.17, 15) is 4.79 Å². The third-order valence-corrected chi connectivity index (χ3v) is 5.63. The van der Waals surface area contributed by atoms with Gasteiger partial charge in [0.2, 0.25) is 0 Å². The van der Waals surface area contributed by atoms with Gasteiger partial charge in [-0.05, 0) is 42.7 Å². The molecule has 5 nitrogen and oxygen atoms in total. The minimum Gasteiger partial charge on any atom is -0.372 e. The van der Waals surface area contributed by atoms with E-state index in [1.165, 1.54) is 10.5 Å². The third-order valence-electron chi connectivity index (χ3n) is 4.79. The number of carbonyl (C=O) groups is 1. The van der Waals surface area contributed by atoms with Crippen LogP contribution in [-0.4, -0.2) is 27.8 Å². The Bertz CT molecular complexity index is 911. The monoisotopic (exact) mass is 409 g/mol. The minimum absolute atomic E-state index is 0.0200. The lowest BCUT2D eigenvalue weighted by Gasteiger charge is -2.19. The Morgan fingerprint density at radius 2 is 1.93 bits per heavy atom. The first kappa shape index (κ1) is 21.1. The van der Waals surface area contributed by atoms with Gasteiger partial charge in [0.05, 0.1) is 19.0 Å². The number of hydrogen-bond donors (Lipinski definition) is 1. The molecule has 1 aromatic heterocycles. The lowest BCUT2D eigenvalue weighted by atomic mass is 10.1. The smallest absolute Gasteiger partial charge is 0.268 e. The number of benzene rings is 2. The summed E-state index contributed by atoms with van der Waals surface area (Å²) in [5.41, 5.74) is 8.12. The molecule has 0 radical (unpaired) electrons. The SMILES string of the molecule is CSc1ccccc1CCCC(Cn1cnc(C(N)=O)c1)OCc1ccccc1. The van der Waals surface area contributed by atoms with E-state index in [2.05, 4.69) is 47.6 Å². The summed E-state index contributed by atoms with van der Waals surface area (Å²) in [5, 5.41) is 0. The van der Waals surface area contributed by atoms with E-state index in [1.54, 1.807) is 24.3 Å². The number of hydrogen-bond acceptors (Lipinski definition) is 4. The first-order chi connectivity index (χ1) is 14.2. The van der Waals surface area contributed by atoms with Gasteiger partial charge in [0, 0.05) is 17.6 Å². The predicted molar refractivity (Wildman–Crippen MR) is 117 cm³/mol. The van der Waals surface area contributed by atoms with Gasteiger partial charge in [-0.1, -0.05) is 48.5 Å². The Morgan fingerprint density at radius 3 is 2.66 bits per heavy atom. The maximum atomic E-state index is 11.3. The molecule has 6 heteroatoms. The highest BCUT2D eigenvalue weighted by Crippen LogP contribution is 2.22. The number of rotatable bonds is 11. The van der Waals surface area contributed by atoms with Gasteiger partial charge in [-0.15, -0.1) is 11.8 Å². The van der Waals surface area contributed by atoms with Gasteiger partial charge in [0.1, 0.15) is 5.69 Å². The van der Waals surface area contributed by atoms with Crippen molar-refractivity contribution in [1.29, 1.82) is 0 Å². The molecule has 0 bridgehead atoms. The van der Waals surface area contributed by atoms with Crippen LogP contribution in [0.25, 0.3) is 0 Å². The van der Waals surface area contributed by atoms with Crippen molar-refractivity contribution in [2.75, 3.05) is 6.26 Å². The lowest BCUT2D eigenvalue weighted by molar-refractivity contribution is 0.0225. The van der Waals surface area contributed by atoms with Gasteiger partial charge < -0.3 is 15.0 Å². The van der Waals surface area contributed by atoms with Crippen LogP contribution in [0.15, 0.2) is 72.0 Å². The molecule has 2 aromatic carbocycles. The van der Waals surface area contributed by atoms with Crippen LogP contribution in [0.3, 0.4) is 0 Å². The quantitative estimate of drug-likeness (QED) is 0.479. The summed E-state index contributed by atoms with van der Waals surface area (Å²) < 4.78 is 8.11. The Morgan fingerprint density at radius 1 is 1.17 bits per heavy atom. The van der Waals surface area contributed by atoms with Crippen molar-refractivity contribution in [3.63, 3.8) is 0 Å². The molecule has 1 heterocycles. The number of nitrogens with zero attached hydrogens (tertiary/aromatic N) is 2. The fourth-order valence-electron chi connectivity index (χ4n) is 3.27. The van der Waals surface area contributed by atoms with Gasteiger partial charge >= 0.3 is 0 Å². The van der Waals surface area contributed by atoms with E-state index in [1.807, 2.05) is 22.8 Å². The average molecular weight is 410 g/mol. The number of nitrogens with two attached hydrogens (primary N) is 1. The molecule has 2 N–H and O–H groups in total. The van der Waals surface area contributed by atoms with Crippen LogP contribution in [0.2, 0.25) is 0 Å². The number of imidazole rings is 1. The maximum Gasteiger partial charge on any atom is 0.268 e. The molecule has 0 saturated carbocycles. The molecule has 0 fully saturated rings. The van der Waals surface area contributed by atoms with Crippen LogP contribution in [0.1, 0.15) is 34.5 Å². The molecule has 0 saturated heterocycles. The highest BCUT2D eigenvalue weighted by molar-refractivity contribution is 7.98. The Labute approximate surface area is 176 Å². The summed E-state index contributed by atoms with van der Waals surface area (Å²) in [5.74, 6) is -0.515. The second kappa shape index (κ2) is 10.8. The second-order valence-electron chi connectivity index (χ2n) is 6.94. The third kappa shape index (κ3) is 6.48. The van der Waals surface area contributed by atoms with Crippen molar-refractivity contribution in [3.8, 4) is 0 Å². The number of thioether (sulfide) groups is 1. The topological polar surface area (TPSA) is 70.1 Å². The van der Waals surface area contributed by atoms with Crippen LogP contribution >= 0.6 is 11.8 Å². The summed E-state index contributed by atoms with van der Waals surface area (Å²) >= 11 is 1.78. The van der Waals surface area contributed by atoms with Crippen LogP contribution in [0, 0.1) is 0 Å². The Hall–Kier alpha value is -2.57. The van der Waals surface area contributed by atoms with Crippen molar-refractivity contribution in [3.05, 3.63) is 83.9 Å². The molecule has 0 aliphatic rings. The molecule has 0 aliphatic carbocycles. The number of aryl methyl sites for hydroxylation is 1. The van der Waals surface area contributed by atoms with Crippen molar-refractivity contribution in [2.24, 2.45) is 5.73 Å². The van der Waals surface area contributed by atoms with Crippen LogP contribution < -0.4 is 5.73 Å². The summed E-state index contributed by atoms with van der Waals surface area (Å²) in [6, 6.07) is 18.7. The fraction of sp³-hybridized carbons (Fsp3) is 0.304. The molecule has 1 unspecified atom stereocenters. The molecule has 3 aromatic rings. The van der Waals surface area contributed by atoms with Crippen molar-refractivity contribution < 1.29 is 9.53 Å². The molecule has 3 rings (SSSR count). The summed E-state index contributed by atoms with van der Waals surface area (Å²) in [6.45, 7) is 1.20. The number of primary amides is 1. The Kier molecular flexibility index (Phi) is 7.90. The van der Waals surface area contributed by atoms with Gasteiger partial charge in [-0.3, -0.25) is 4.79 Å². The van der Waals surface area contributed by atoms with E-state index in [0.29, 0.717) is 13.2 Å². The molecule has 29 heavy (non-hydrogen) atoms. The van der Waals surface area contributed by atoms with Gasteiger partial charge in [0.25, 0.3) is 5.91 Å². The number of aromatic nitrogens is 2. The minimum atomic E-state index is -0.515. The number of amides is 1. The highest BCUT2D eigenvalue weighted by atomic mass is 32.2. The average Bonchev–Trinajstić information content (AvgIpc) is 3.22. The van der Waals surface area contributed by atoms with Crippen molar-refractivity contribution >= 4 is 17.7 Å². The van der Waals surface area contributed by atoms with Crippen molar-refractivity contribution in [1.82, 2.24) is 9.55 Å². The summed E-state index contributed by atoms with van der Waals surface area (Å²) in [6.07, 6.45) is 8.41. The van der Waals surface area contributed by atoms with Gasteiger partial charge in [0.15, 0.2) is 0 Å². The normalized spacial score (nSPS) is 12.0. The lowest BCUT2D eigenvalue weighted by Crippen LogP contribution is -2.20. The fourth-order valence-corrected chi connectivity index (χ4v) is 3.91. The zero-order chi connectivity index (χ0) is 20.5. The number of carbonyl (C=O) groups excluding carboxylic acids is 1. The zero-order valence-corrected chi connectivity index (χ0v) is 17.5. The molecule has 0 aliphatic heterocycles.